The zero-order valence-corrected chi connectivity index (χ0v) is 20.6. The highest BCUT2D eigenvalue weighted by molar-refractivity contribution is 7.87. The third-order valence-electron chi connectivity index (χ3n) is 6.74. The zero-order valence-electron chi connectivity index (χ0n) is 19.8. The van der Waals surface area contributed by atoms with E-state index in [0.29, 0.717) is 5.75 Å². The largest absolute Gasteiger partial charge is 0.378 e. The lowest BCUT2D eigenvalue weighted by atomic mass is 9.92. The number of aryl methyl sites for hydroxylation is 1. The van der Waals surface area contributed by atoms with Gasteiger partial charge in [0.05, 0.1) is 0 Å². The Kier molecular flexibility index (Phi) is 5.46. The van der Waals surface area contributed by atoms with E-state index in [0.717, 1.165) is 34.2 Å². The Morgan fingerprint density at radius 1 is 0.583 bits per heavy atom. The molecule has 0 aromatic heterocycles. The number of benzene rings is 5. The van der Waals surface area contributed by atoms with Crippen LogP contribution in [0.15, 0.2) is 120 Å². The average molecular weight is 489 g/mol. The monoisotopic (exact) mass is 488 g/mol. The average Bonchev–Trinajstić information content (AvgIpc) is 3.28. The Hall–Kier alpha value is -4.15. The van der Waals surface area contributed by atoms with Gasteiger partial charge in [-0.1, -0.05) is 109 Å². The number of para-hydroxylation sites is 1. The minimum absolute atomic E-state index is 0.132. The minimum atomic E-state index is -4.06. The van der Waals surface area contributed by atoms with Crippen molar-refractivity contribution in [2.45, 2.75) is 18.2 Å². The second-order valence-electron chi connectivity index (χ2n) is 9.06. The smallest absolute Gasteiger partial charge is 0.339 e. The van der Waals surface area contributed by atoms with E-state index in [1.807, 2.05) is 61.5 Å². The molecule has 0 N–H and O–H groups in total. The van der Waals surface area contributed by atoms with E-state index in [2.05, 4.69) is 36.4 Å². The normalized spacial score (nSPS) is 12.1. The fourth-order valence-corrected chi connectivity index (χ4v) is 5.92. The van der Waals surface area contributed by atoms with Crippen LogP contribution in [0.5, 0.6) is 5.75 Å². The molecule has 5 aromatic rings. The molecule has 1 aliphatic rings. The second-order valence-corrected chi connectivity index (χ2v) is 10.6. The summed E-state index contributed by atoms with van der Waals surface area (Å²) < 4.78 is 32.9. The van der Waals surface area contributed by atoms with Crippen LogP contribution in [-0.2, 0) is 16.5 Å². The van der Waals surface area contributed by atoms with E-state index in [9.17, 15) is 8.42 Å². The van der Waals surface area contributed by atoms with Crippen LogP contribution in [0.4, 0.5) is 0 Å². The molecule has 0 saturated carbocycles. The molecule has 3 nitrogen and oxygen atoms in total. The topological polar surface area (TPSA) is 43.4 Å². The zero-order chi connectivity index (χ0) is 24.7. The summed E-state index contributed by atoms with van der Waals surface area (Å²) in [6, 6.07) is 37.0. The molecule has 0 spiro atoms. The van der Waals surface area contributed by atoms with Crippen LogP contribution in [0.1, 0.15) is 16.7 Å². The first-order valence-electron chi connectivity index (χ1n) is 11.9. The standard InChI is InChI=1S/C32H24O3S/c1-22-17-19-25(20-18-22)36(33,34)35-32-27(23-9-3-2-4-10-23)13-7-16-30(32)29-15-8-14-28-26-12-6-5-11-24(26)21-31(28)29/h2-20H,21H2,1H3. The summed E-state index contributed by atoms with van der Waals surface area (Å²) in [4.78, 5) is 0.132. The lowest BCUT2D eigenvalue weighted by Gasteiger charge is -2.18. The van der Waals surface area contributed by atoms with Crippen LogP contribution in [0.25, 0.3) is 33.4 Å². The first kappa shape index (κ1) is 22.3. The molecule has 0 amide bonds. The van der Waals surface area contributed by atoms with Crippen molar-refractivity contribution in [3.63, 3.8) is 0 Å². The Bertz CT molecular complexity index is 1690. The summed E-state index contributed by atoms with van der Waals surface area (Å²) in [7, 11) is -4.06. The molecule has 0 atom stereocenters. The van der Waals surface area contributed by atoms with Gasteiger partial charge >= 0.3 is 10.1 Å². The Morgan fingerprint density at radius 2 is 1.17 bits per heavy atom. The van der Waals surface area contributed by atoms with Crippen LogP contribution in [-0.4, -0.2) is 8.42 Å². The van der Waals surface area contributed by atoms with Crippen molar-refractivity contribution in [2.75, 3.05) is 0 Å². The molecule has 0 aliphatic heterocycles. The van der Waals surface area contributed by atoms with Gasteiger partial charge < -0.3 is 4.18 Å². The molecule has 0 radical (unpaired) electrons. The summed E-state index contributed by atoms with van der Waals surface area (Å²) in [6.45, 7) is 1.92. The van der Waals surface area contributed by atoms with Gasteiger partial charge in [0.15, 0.2) is 5.75 Å². The summed E-state index contributed by atoms with van der Waals surface area (Å²) in [5.74, 6) is 0.341. The molecule has 0 unspecified atom stereocenters. The van der Waals surface area contributed by atoms with Crippen molar-refractivity contribution in [1.29, 1.82) is 0 Å². The molecule has 0 fully saturated rings. The van der Waals surface area contributed by atoms with Gasteiger partial charge in [-0.15, -0.1) is 0 Å². The molecular weight excluding hydrogens is 464 g/mol. The maximum atomic E-state index is 13.5. The molecular formula is C32H24O3S. The van der Waals surface area contributed by atoms with Gasteiger partial charge in [-0.25, -0.2) is 0 Å². The summed E-state index contributed by atoms with van der Waals surface area (Å²) in [5, 5.41) is 0. The van der Waals surface area contributed by atoms with E-state index >= 15 is 0 Å². The van der Waals surface area contributed by atoms with Crippen LogP contribution >= 0.6 is 0 Å². The molecule has 1 aliphatic carbocycles. The fraction of sp³-hybridized carbons (Fsp3) is 0.0625. The van der Waals surface area contributed by atoms with Crippen molar-refractivity contribution in [3.8, 4) is 39.1 Å². The van der Waals surface area contributed by atoms with E-state index in [4.69, 9.17) is 4.18 Å². The summed E-state index contributed by atoms with van der Waals surface area (Å²) in [6.07, 6.45) is 0.793. The van der Waals surface area contributed by atoms with E-state index in [-0.39, 0.29) is 4.90 Å². The fourth-order valence-electron chi connectivity index (χ4n) is 4.96. The van der Waals surface area contributed by atoms with Gasteiger partial charge in [-0.05, 0) is 58.9 Å². The van der Waals surface area contributed by atoms with Crippen molar-refractivity contribution in [1.82, 2.24) is 0 Å². The van der Waals surface area contributed by atoms with Crippen molar-refractivity contribution in [3.05, 3.63) is 132 Å². The third kappa shape index (κ3) is 3.90. The predicted molar refractivity (Wildman–Crippen MR) is 145 cm³/mol. The Morgan fingerprint density at radius 3 is 1.92 bits per heavy atom. The van der Waals surface area contributed by atoms with Gasteiger partial charge in [0, 0.05) is 11.1 Å². The molecule has 0 bridgehead atoms. The van der Waals surface area contributed by atoms with Crippen LogP contribution < -0.4 is 4.18 Å². The molecule has 176 valence electrons. The van der Waals surface area contributed by atoms with Crippen LogP contribution in [0.2, 0.25) is 0 Å². The van der Waals surface area contributed by atoms with Gasteiger partial charge in [-0.2, -0.15) is 8.42 Å². The minimum Gasteiger partial charge on any atom is -0.378 e. The van der Waals surface area contributed by atoms with E-state index < -0.39 is 10.1 Å². The quantitative estimate of drug-likeness (QED) is 0.234. The summed E-state index contributed by atoms with van der Waals surface area (Å²) >= 11 is 0. The molecule has 36 heavy (non-hydrogen) atoms. The Labute approximate surface area is 211 Å². The van der Waals surface area contributed by atoms with Crippen molar-refractivity contribution >= 4 is 10.1 Å². The first-order valence-corrected chi connectivity index (χ1v) is 13.3. The summed E-state index contributed by atoms with van der Waals surface area (Å²) in [5.41, 5.74) is 9.21. The van der Waals surface area contributed by atoms with Crippen LogP contribution in [0.3, 0.4) is 0 Å². The lowest BCUT2D eigenvalue weighted by Crippen LogP contribution is -2.11. The van der Waals surface area contributed by atoms with Gasteiger partial charge in [0.1, 0.15) is 4.90 Å². The molecule has 0 saturated heterocycles. The molecule has 0 heterocycles. The maximum absolute atomic E-state index is 13.5. The highest BCUT2D eigenvalue weighted by Gasteiger charge is 2.26. The second kappa shape index (κ2) is 8.81. The molecule has 6 rings (SSSR count). The van der Waals surface area contributed by atoms with Gasteiger partial charge in [0.2, 0.25) is 0 Å². The van der Waals surface area contributed by atoms with Crippen LogP contribution in [0, 0.1) is 6.92 Å². The first-order chi connectivity index (χ1) is 17.5. The van der Waals surface area contributed by atoms with Crippen molar-refractivity contribution in [2.24, 2.45) is 0 Å². The Balaban J connectivity index is 1.55. The third-order valence-corrected chi connectivity index (χ3v) is 7.98. The highest BCUT2D eigenvalue weighted by Crippen LogP contribution is 2.46. The van der Waals surface area contributed by atoms with Crippen molar-refractivity contribution < 1.29 is 12.6 Å². The van der Waals surface area contributed by atoms with E-state index in [1.54, 1.807) is 24.3 Å². The van der Waals surface area contributed by atoms with E-state index in [1.165, 1.54) is 22.3 Å². The predicted octanol–water partition coefficient (Wildman–Crippen LogP) is 7.67. The highest BCUT2D eigenvalue weighted by atomic mass is 32.2. The SMILES string of the molecule is Cc1ccc(S(=O)(=O)Oc2c(-c3ccccc3)cccc2-c2cccc3c2Cc2ccccc2-3)cc1. The van der Waals surface area contributed by atoms with Gasteiger partial charge in [0.25, 0.3) is 0 Å². The number of hydrogen-bond donors (Lipinski definition) is 0. The van der Waals surface area contributed by atoms with Gasteiger partial charge in [-0.3, -0.25) is 0 Å². The number of fused-ring (bicyclic) bond motifs is 3. The number of hydrogen-bond acceptors (Lipinski definition) is 3. The molecule has 5 aromatic carbocycles. The lowest BCUT2D eigenvalue weighted by molar-refractivity contribution is 0.487. The molecule has 4 heteroatoms. The maximum Gasteiger partial charge on any atom is 0.339 e. The number of rotatable bonds is 5.